The normalized spacial score (nSPS) is 13.4. The van der Waals surface area contributed by atoms with Gasteiger partial charge < -0.3 is 30.7 Å². The Balaban J connectivity index is 1.23. The molecule has 4 rings (SSSR count). The summed E-state index contributed by atoms with van der Waals surface area (Å²) in [4.78, 5) is 34.8. The Morgan fingerprint density at radius 2 is 2.03 bits per heavy atom. The van der Waals surface area contributed by atoms with Crippen molar-refractivity contribution in [1.29, 1.82) is 0 Å². The van der Waals surface area contributed by atoms with Crippen LogP contribution in [0.1, 0.15) is 44.6 Å². The van der Waals surface area contributed by atoms with E-state index in [1.54, 1.807) is 0 Å². The molecule has 0 spiro atoms. The van der Waals surface area contributed by atoms with E-state index in [1.165, 1.54) is 0 Å². The number of amides is 2. The summed E-state index contributed by atoms with van der Waals surface area (Å²) in [5.41, 5.74) is 3.04. The zero-order valence-electron chi connectivity index (χ0n) is 21.8. The van der Waals surface area contributed by atoms with Crippen LogP contribution in [0.3, 0.4) is 0 Å². The molecule has 10 nitrogen and oxygen atoms in total. The van der Waals surface area contributed by atoms with Gasteiger partial charge in [0.15, 0.2) is 0 Å². The van der Waals surface area contributed by atoms with Gasteiger partial charge in [0, 0.05) is 82.6 Å². The highest BCUT2D eigenvalue weighted by atomic mass is 16.2. The second-order valence-electron chi connectivity index (χ2n) is 9.32. The molecule has 0 aliphatic carbocycles. The van der Waals surface area contributed by atoms with Crippen LogP contribution in [0, 0.1) is 0 Å². The smallest absolute Gasteiger partial charge is 0.224 e. The average Bonchev–Trinajstić information content (AvgIpc) is 3.56. The van der Waals surface area contributed by atoms with Gasteiger partial charge in [0.2, 0.25) is 17.8 Å². The first kappa shape index (κ1) is 26.4. The molecule has 0 radical (unpaired) electrons. The lowest BCUT2D eigenvalue weighted by molar-refractivity contribution is -0.127. The third kappa shape index (κ3) is 7.19. The molecule has 2 amide bonds. The summed E-state index contributed by atoms with van der Waals surface area (Å²) in [6, 6.07) is 8.27. The van der Waals surface area contributed by atoms with Gasteiger partial charge in [0.05, 0.1) is 5.52 Å². The van der Waals surface area contributed by atoms with Crippen LogP contribution in [-0.4, -0.2) is 71.0 Å². The van der Waals surface area contributed by atoms with Crippen molar-refractivity contribution in [3.63, 3.8) is 0 Å². The van der Waals surface area contributed by atoms with E-state index in [9.17, 15) is 9.59 Å². The highest BCUT2D eigenvalue weighted by Gasteiger charge is 2.19. The molecule has 37 heavy (non-hydrogen) atoms. The number of anilines is 2. The van der Waals surface area contributed by atoms with Crippen LogP contribution in [0.25, 0.3) is 16.6 Å². The molecule has 1 fully saturated rings. The molecule has 1 aliphatic rings. The molecule has 10 heteroatoms. The van der Waals surface area contributed by atoms with Crippen molar-refractivity contribution < 1.29 is 9.59 Å². The summed E-state index contributed by atoms with van der Waals surface area (Å²) in [5, 5.41) is 13.7. The van der Waals surface area contributed by atoms with Crippen molar-refractivity contribution in [3.8, 4) is 5.69 Å². The Hall–Kier alpha value is -3.66. The molecule has 0 unspecified atom stereocenters. The molecule has 3 aromatic rings. The van der Waals surface area contributed by atoms with Gasteiger partial charge >= 0.3 is 0 Å². The van der Waals surface area contributed by atoms with Gasteiger partial charge in [0.25, 0.3) is 0 Å². The lowest BCUT2D eigenvalue weighted by Gasteiger charge is -2.15. The van der Waals surface area contributed by atoms with Crippen LogP contribution in [0.4, 0.5) is 11.8 Å². The summed E-state index contributed by atoms with van der Waals surface area (Å²) >= 11 is 0. The van der Waals surface area contributed by atoms with E-state index in [0.717, 1.165) is 66.9 Å². The predicted octanol–water partition coefficient (Wildman–Crippen LogP) is 2.89. The molecule has 1 saturated heterocycles. The zero-order valence-corrected chi connectivity index (χ0v) is 21.8. The number of benzene rings is 1. The van der Waals surface area contributed by atoms with E-state index in [4.69, 9.17) is 0 Å². The SMILES string of the molecule is CCCNc1nc(NC)nc2cc(-n3ccc(CNCCC(=O)NCCCN4CCCC4=O)c3)ccc12. The number of fused-ring (bicyclic) bond motifs is 1. The first-order valence-electron chi connectivity index (χ1n) is 13.2. The maximum atomic E-state index is 12.1. The molecule has 0 bridgehead atoms. The van der Waals surface area contributed by atoms with Gasteiger partial charge in [-0.15, -0.1) is 0 Å². The largest absolute Gasteiger partial charge is 0.369 e. The molecule has 0 atom stereocenters. The number of likely N-dealkylation sites (tertiary alicyclic amines) is 1. The minimum atomic E-state index is 0.0321. The van der Waals surface area contributed by atoms with Gasteiger partial charge in [-0.1, -0.05) is 6.92 Å². The molecule has 1 aliphatic heterocycles. The van der Waals surface area contributed by atoms with Crippen LogP contribution < -0.4 is 21.3 Å². The molecule has 1 aromatic carbocycles. The molecule has 3 heterocycles. The number of nitrogens with one attached hydrogen (secondary N) is 4. The van der Waals surface area contributed by atoms with Crippen molar-refractivity contribution in [2.45, 2.75) is 45.6 Å². The van der Waals surface area contributed by atoms with Crippen LogP contribution in [-0.2, 0) is 16.1 Å². The molecular weight excluding hydrogens is 468 g/mol. The van der Waals surface area contributed by atoms with Crippen LogP contribution in [0.5, 0.6) is 0 Å². The summed E-state index contributed by atoms with van der Waals surface area (Å²) < 4.78 is 2.08. The number of carbonyl (C=O) groups is 2. The number of hydrogen-bond donors (Lipinski definition) is 4. The maximum absolute atomic E-state index is 12.1. The second kappa shape index (κ2) is 13.0. The van der Waals surface area contributed by atoms with Gasteiger partial charge in [-0.25, -0.2) is 4.98 Å². The second-order valence-corrected chi connectivity index (χ2v) is 9.32. The van der Waals surface area contributed by atoms with Gasteiger partial charge in [0.1, 0.15) is 5.82 Å². The van der Waals surface area contributed by atoms with Crippen LogP contribution in [0.15, 0.2) is 36.7 Å². The van der Waals surface area contributed by atoms with E-state index in [1.807, 2.05) is 18.1 Å². The van der Waals surface area contributed by atoms with Crippen LogP contribution >= 0.6 is 0 Å². The van der Waals surface area contributed by atoms with Crippen molar-refractivity contribution in [1.82, 2.24) is 30.1 Å². The number of nitrogens with zero attached hydrogens (tertiary/aromatic N) is 4. The van der Waals surface area contributed by atoms with E-state index < -0.39 is 0 Å². The minimum absolute atomic E-state index is 0.0321. The highest BCUT2D eigenvalue weighted by molar-refractivity contribution is 5.91. The fourth-order valence-corrected chi connectivity index (χ4v) is 4.44. The fourth-order valence-electron chi connectivity index (χ4n) is 4.44. The number of aromatic nitrogens is 3. The third-order valence-electron chi connectivity index (χ3n) is 6.46. The van der Waals surface area contributed by atoms with E-state index in [-0.39, 0.29) is 11.8 Å². The Morgan fingerprint density at radius 3 is 2.81 bits per heavy atom. The summed E-state index contributed by atoms with van der Waals surface area (Å²) in [6.07, 6.45) is 7.98. The minimum Gasteiger partial charge on any atom is -0.369 e. The molecule has 0 saturated carbocycles. The standard InChI is InChI=1S/C27H38N8O2/c1-3-11-31-26-22-8-7-21(17-23(22)32-27(28-2)33-26)35-16-10-20(19-35)18-29-13-9-24(36)30-12-5-15-34-14-4-6-25(34)37/h7-8,10,16-17,19,29H,3-6,9,11-15,18H2,1-2H3,(H,30,36)(H2,28,31,32,33). The summed E-state index contributed by atoms with van der Waals surface area (Å²) in [6.45, 7) is 6.45. The van der Waals surface area contributed by atoms with Crippen molar-refractivity contribution in [2.24, 2.45) is 0 Å². The first-order chi connectivity index (χ1) is 18.1. The number of hydrogen-bond acceptors (Lipinski definition) is 7. The predicted molar refractivity (Wildman–Crippen MR) is 147 cm³/mol. The average molecular weight is 507 g/mol. The first-order valence-corrected chi connectivity index (χ1v) is 13.2. The summed E-state index contributed by atoms with van der Waals surface area (Å²) in [5.74, 6) is 1.69. The van der Waals surface area contributed by atoms with E-state index in [0.29, 0.717) is 38.4 Å². The lowest BCUT2D eigenvalue weighted by Crippen LogP contribution is -2.31. The van der Waals surface area contributed by atoms with Crippen molar-refractivity contribution in [2.75, 3.05) is 50.4 Å². The van der Waals surface area contributed by atoms with Crippen molar-refractivity contribution >= 4 is 34.5 Å². The third-order valence-corrected chi connectivity index (χ3v) is 6.46. The highest BCUT2D eigenvalue weighted by Crippen LogP contribution is 2.25. The zero-order chi connectivity index (χ0) is 26.0. The number of rotatable bonds is 14. The Kier molecular flexibility index (Phi) is 9.31. The maximum Gasteiger partial charge on any atom is 0.224 e. The number of carbonyl (C=O) groups excluding carboxylic acids is 2. The monoisotopic (exact) mass is 506 g/mol. The fraction of sp³-hybridized carbons (Fsp3) is 0.481. The molecule has 198 valence electrons. The Labute approximate surface area is 218 Å². The quantitative estimate of drug-likeness (QED) is 0.249. The van der Waals surface area contributed by atoms with Gasteiger partial charge in [-0.2, -0.15) is 4.98 Å². The van der Waals surface area contributed by atoms with Gasteiger partial charge in [-0.3, -0.25) is 9.59 Å². The van der Waals surface area contributed by atoms with Crippen molar-refractivity contribution in [3.05, 3.63) is 42.2 Å². The molecular formula is C27H38N8O2. The Bertz CT molecular complexity index is 1210. The Morgan fingerprint density at radius 1 is 1.14 bits per heavy atom. The lowest BCUT2D eigenvalue weighted by atomic mass is 10.2. The van der Waals surface area contributed by atoms with E-state index in [2.05, 4.69) is 73.2 Å². The van der Waals surface area contributed by atoms with Gasteiger partial charge in [-0.05, 0) is 49.1 Å². The summed E-state index contributed by atoms with van der Waals surface area (Å²) in [7, 11) is 1.82. The molecule has 4 N–H and O–H groups in total. The van der Waals surface area contributed by atoms with Crippen LogP contribution in [0.2, 0.25) is 0 Å². The molecule has 2 aromatic heterocycles. The topological polar surface area (TPSA) is 116 Å². The van der Waals surface area contributed by atoms with E-state index >= 15 is 0 Å².